The van der Waals surface area contributed by atoms with Crippen molar-refractivity contribution in [3.8, 4) is 5.69 Å². The Morgan fingerprint density at radius 2 is 1.90 bits per heavy atom. The number of hydroxylamine groups is 2. The van der Waals surface area contributed by atoms with Crippen LogP contribution in [0.2, 0.25) is 0 Å². The van der Waals surface area contributed by atoms with Crippen LogP contribution in [0.25, 0.3) is 5.69 Å². The molecule has 0 aliphatic rings. The molecule has 1 N–H and O–H groups in total. The van der Waals surface area contributed by atoms with Gasteiger partial charge in [-0.1, -0.05) is 0 Å². The van der Waals surface area contributed by atoms with Crippen LogP contribution in [0.15, 0.2) is 32.3 Å². The summed E-state index contributed by atoms with van der Waals surface area (Å²) in [4.78, 5) is 41.5. The van der Waals surface area contributed by atoms with Crippen molar-refractivity contribution in [2.45, 2.75) is 13.1 Å². The summed E-state index contributed by atoms with van der Waals surface area (Å²) >= 11 is 3.03. The van der Waals surface area contributed by atoms with Crippen molar-refractivity contribution in [1.29, 1.82) is 0 Å². The minimum Gasteiger partial charge on any atom is -0.305 e. The van der Waals surface area contributed by atoms with E-state index in [1.807, 2.05) is 0 Å². The second-order valence-electron chi connectivity index (χ2n) is 5.63. The number of amides is 2. The molecule has 0 bridgehead atoms. The minimum absolute atomic E-state index is 0.0456. The van der Waals surface area contributed by atoms with Crippen molar-refractivity contribution < 1.29 is 27.2 Å². The molecule has 0 saturated carbocycles. The minimum atomic E-state index is -4.95. The molecule has 0 unspecified atom stereocenters. The van der Waals surface area contributed by atoms with Crippen molar-refractivity contribution in [3.05, 3.63) is 55.0 Å². The Morgan fingerprint density at radius 1 is 1.28 bits per heavy atom. The summed E-state index contributed by atoms with van der Waals surface area (Å²) in [5.41, 5.74) is -4.95. The van der Waals surface area contributed by atoms with Crippen LogP contribution < -0.4 is 16.6 Å². The van der Waals surface area contributed by atoms with Gasteiger partial charge in [0.1, 0.15) is 11.5 Å². The molecule has 0 fully saturated rings. The molecule has 0 aliphatic carbocycles. The van der Waals surface area contributed by atoms with Crippen LogP contribution in [0.3, 0.4) is 0 Å². The van der Waals surface area contributed by atoms with Crippen LogP contribution >= 0.6 is 15.9 Å². The van der Waals surface area contributed by atoms with Crippen LogP contribution in [0.4, 0.5) is 28.0 Å². The van der Waals surface area contributed by atoms with E-state index in [9.17, 15) is 31.9 Å². The number of nitrogens with one attached hydrogen (secondary N) is 1. The SMILES string of the molecule is CCN(OC)C(=O)Nc1cc(-n2c(=O)cc(C(F)(F)F)n(C)c2=O)c(F)cc1Br. The van der Waals surface area contributed by atoms with E-state index in [-0.39, 0.29) is 31.9 Å². The fraction of sp³-hybridized carbons (Fsp3) is 0.312. The van der Waals surface area contributed by atoms with Gasteiger partial charge in [0.25, 0.3) is 5.56 Å². The summed E-state index contributed by atoms with van der Waals surface area (Å²) in [6.07, 6.45) is -4.95. The molecule has 0 spiro atoms. The molecule has 0 radical (unpaired) electrons. The number of benzene rings is 1. The topological polar surface area (TPSA) is 85.6 Å². The third kappa shape index (κ3) is 4.50. The zero-order valence-electron chi connectivity index (χ0n) is 15.3. The number of anilines is 1. The van der Waals surface area contributed by atoms with Crippen LogP contribution in [-0.4, -0.2) is 33.9 Å². The number of nitrogens with zero attached hydrogens (tertiary/aromatic N) is 3. The van der Waals surface area contributed by atoms with E-state index in [4.69, 9.17) is 4.84 Å². The highest BCUT2D eigenvalue weighted by atomic mass is 79.9. The molecule has 1 heterocycles. The van der Waals surface area contributed by atoms with E-state index in [1.165, 1.54) is 7.11 Å². The summed E-state index contributed by atoms with van der Waals surface area (Å²) < 4.78 is 53.9. The monoisotopic (exact) mass is 482 g/mol. The van der Waals surface area contributed by atoms with Gasteiger partial charge < -0.3 is 5.32 Å². The van der Waals surface area contributed by atoms with Gasteiger partial charge in [-0.25, -0.2) is 23.6 Å². The highest BCUT2D eigenvalue weighted by Gasteiger charge is 2.35. The third-order valence-corrected chi connectivity index (χ3v) is 4.52. The maximum Gasteiger partial charge on any atom is 0.431 e. The molecule has 1 aromatic carbocycles. The smallest absolute Gasteiger partial charge is 0.305 e. The Hall–Kier alpha value is -2.67. The Balaban J connectivity index is 2.65. The van der Waals surface area contributed by atoms with Gasteiger partial charge in [0.05, 0.1) is 18.5 Å². The number of rotatable bonds is 4. The number of hydrogen-bond acceptors (Lipinski definition) is 4. The van der Waals surface area contributed by atoms with Gasteiger partial charge in [0.2, 0.25) is 0 Å². The molecule has 8 nitrogen and oxygen atoms in total. The first-order valence-corrected chi connectivity index (χ1v) is 8.74. The number of carbonyl (C=O) groups excluding carboxylic acids is 1. The van der Waals surface area contributed by atoms with E-state index < -0.39 is 40.7 Å². The lowest BCUT2D eigenvalue weighted by Gasteiger charge is -2.19. The molecule has 0 aliphatic heterocycles. The Bertz CT molecular complexity index is 1060. The van der Waals surface area contributed by atoms with Gasteiger partial charge in [0, 0.05) is 24.1 Å². The van der Waals surface area contributed by atoms with Crippen molar-refractivity contribution in [2.24, 2.45) is 7.05 Å². The van der Waals surface area contributed by atoms with Crippen LogP contribution in [0, 0.1) is 5.82 Å². The summed E-state index contributed by atoms with van der Waals surface area (Å²) in [6, 6.07) is 1.25. The van der Waals surface area contributed by atoms with Gasteiger partial charge in [-0.15, -0.1) is 0 Å². The molecule has 2 amide bonds. The molecular weight excluding hydrogens is 468 g/mol. The van der Waals surface area contributed by atoms with Gasteiger partial charge in [0.15, 0.2) is 0 Å². The Morgan fingerprint density at radius 3 is 2.41 bits per heavy atom. The van der Waals surface area contributed by atoms with E-state index in [1.54, 1.807) is 6.92 Å². The first-order chi connectivity index (χ1) is 13.4. The first kappa shape index (κ1) is 22.6. The van der Waals surface area contributed by atoms with Crippen molar-refractivity contribution in [3.63, 3.8) is 0 Å². The fourth-order valence-corrected chi connectivity index (χ4v) is 2.87. The van der Waals surface area contributed by atoms with Crippen molar-refractivity contribution in [2.75, 3.05) is 19.0 Å². The second-order valence-corrected chi connectivity index (χ2v) is 6.49. The number of urea groups is 1. The van der Waals surface area contributed by atoms with E-state index in [0.29, 0.717) is 0 Å². The molecule has 1 aromatic heterocycles. The summed E-state index contributed by atoms with van der Waals surface area (Å²) in [5, 5.41) is 3.31. The molecule has 2 aromatic rings. The van der Waals surface area contributed by atoms with E-state index in [0.717, 1.165) is 24.2 Å². The summed E-state index contributed by atoms with van der Waals surface area (Å²) in [7, 11) is 2.05. The fourth-order valence-electron chi connectivity index (χ4n) is 2.46. The van der Waals surface area contributed by atoms with Crippen LogP contribution in [0.1, 0.15) is 12.6 Å². The molecule has 158 valence electrons. The van der Waals surface area contributed by atoms with E-state index in [2.05, 4.69) is 21.2 Å². The van der Waals surface area contributed by atoms with Gasteiger partial charge in [-0.05, 0) is 35.0 Å². The average molecular weight is 483 g/mol. The molecule has 0 atom stereocenters. The Kier molecular flexibility index (Phi) is 6.53. The molecule has 13 heteroatoms. The van der Waals surface area contributed by atoms with E-state index >= 15 is 0 Å². The quantitative estimate of drug-likeness (QED) is 0.536. The standard InChI is InChI=1S/C16H15BrF4N4O4/c1-4-24(29-3)14(27)22-10-6-11(9(18)5-8(10)17)25-13(26)7-12(16(19,20)21)23(2)15(25)28/h5-7H,4H2,1-3H3,(H,22,27). The zero-order valence-corrected chi connectivity index (χ0v) is 16.9. The lowest BCUT2D eigenvalue weighted by atomic mass is 10.2. The predicted molar refractivity (Wildman–Crippen MR) is 98.3 cm³/mol. The van der Waals surface area contributed by atoms with Gasteiger partial charge in [-0.3, -0.25) is 14.2 Å². The van der Waals surface area contributed by atoms with Crippen LogP contribution in [-0.2, 0) is 18.1 Å². The lowest BCUT2D eigenvalue weighted by molar-refractivity contribution is -0.144. The van der Waals surface area contributed by atoms with Crippen LogP contribution in [0.5, 0.6) is 0 Å². The lowest BCUT2D eigenvalue weighted by Crippen LogP contribution is -2.41. The second kappa shape index (κ2) is 8.37. The van der Waals surface area contributed by atoms with Gasteiger partial charge in [-0.2, -0.15) is 13.2 Å². The molecule has 2 rings (SSSR count). The molecule has 0 saturated heterocycles. The third-order valence-electron chi connectivity index (χ3n) is 3.86. The number of halogens is 5. The number of aromatic nitrogens is 2. The average Bonchev–Trinajstić information content (AvgIpc) is 2.61. The first-order valence-electron chi connectivity index (χ1n) is 7.94. The number of carbonyl (C=O) groups is 1. The van der Waals surface area contributed by atoms with Crippen molar-refractivity contribution in [1.82, 2.24) is 14.2 Å². The molecular formula is C16H15BrF4N4O4. The highest BCUT2D eigenvalue weighted by Crippen LogP contribution is 2.29. The highest BCUT2D eigenvalue weighted by molar-refractivity contribution is 9.10. The largest absolute Gasteiger partial charge is 0.431 e. The maximum absolute atomic E-state index is 14.5. The molecule has 29 heavy (non-hydrogen) atoms. The predicted octanol–water partition coefficient (Wildman–Crippen LogP) is 2.87. The summed E-state index contributed by atoms with van der Waals surface area (Å²) in [6.45, 7) is 1.80. The number of hydrogen-bond donors (Lipinski definition) is 1. The summed E-state index contributed by atoms with van der Waals surface area (Å²) in [5.74, 6) is -1.08. The van der Waals surface area contributed by atoms with Gasteiger partial charge >= 0.3 is 17.9 Å². The Labute approximate surface area is 169 Å². The number of alkyl halides is 3. The zero-order chi connectivity index (χ0) is 22.1. The normalized spacial score (nSPS) is 11.4. The maximum atomic E-state index is 14.5. The van der Waals surface area contributed by atoms with Crippen molar-refractivity contribution >= 4 is 27.6 Å².